The Labute approximate surface area is 226 Å². The van der Waals surface area contributed by atoms with Crippen LogP contribution in [0.5, 0.6) is 0 Å². The maximum Gasteiger partial charge on any atom is 0.416 e. The van der Waals surface area contributed by atoms with E-state index in [0.717, 1.165) is 40.5 Å². The molecule has 2 amide bonds. The number of aromatic nitrogens is 1. The van der Waals surface area contributed by atoms with Gasteiger partial charge in [0.25, 0.3) is 0 Å². The van der Waals surface area contributed by atoms with E-state index in [1.165, 1.54) is 6.42 Å². The zero-order valence-electron chi connectivity index (χ0n) is 19.9. The van der Waals surface area contributed by atoms with Crippen molar-refractivity contribution in [3.8, 4) is 0 Å². The molecule has 0 aliphatic heterocycles. The largest absolute Gasteiger partial charge is 0.416 e. The van der Waals surface area contributed by atoms with Gasteiger partial charge in [-0.2, -0.15) is 13.2 Å². The van der Waals surface area contributed by atoms with Gasteiger partial charge in [0.05, 0.1) is 11.3 Å². The molecule has 2 aromatic carbocycles. The molecule has 5 rings (SSSR count). The average molecular weight is 623 g/mol. The molecule has 2 bridgehead atoms. The lowest BCUT2D eigenvalue weighted by atomic mass is 9.79. The second-order valence-electron chi connectivity index (χ2n) is 10.0. The number of nitrogens with one attached hydrogen (secondary N) is 2. The number of alkyl halides is 3. The topological polar surface area (TPSA) is 54.0 Å². The molecule has 2 fully saturated rings. The highest BCUT2D eigenvalue weighted by Crippen LogP contribution is 2.44. The highest BCUT2D eigenvalue weighted by molar-refractivity contribution is 14.1. The van der Waals surface area contributed by atoms with Gasteiger partial charge in [0, 0.05) is 22.2 Å². The second kappa shape index (κ2) is 10.2. The summed E-state index contributed by atoms with van der Waals surface area (Å²) in [5.74, 6) is -0.0374. The molecule has 2 aliphatic rings. The molecule has 0 spiro atoms. The van der Waals surface area contributed by atoms with Gasteiger partial charge in [0.15, 0.2) is 0 Å². The van der Waals surface area contributed by atoms with Crippen molar-refractivity contribution in [1.82, 2.24) is 15.6 Å². The third-order valence-electron chi connectivity index (χ3n) is 7.58. The number of pyridine rings is 1. The number of nitrogens with zero attached hydrogens (tertiary/aromatic N) is 1. The van der Waals surface area contributed by atoms with Crippen LogP contribution in [0.3, 0.4) is 0 Å². The van der Waals surface area contributed by atoms with Gasteiger partial charge < -0.3 is 10.6 Å². The quantitative estimate of drug-likeness (QED) is 0.234. The van der Waals surface area contributed by atoms with E-state index in [1.54, 1.807) is 18.3 Å². The van der Waals surface area contributed by atoms with E-state index in [1.807, 2.05) is 30.3 Å². The summed E-state index contributed by atoms with van der Waals surface area (Å²) in [6.45, 7) is 0. The molecule has 0 radical (unpaired) electrons. The predicted molar refractivity (Wildman–Crippen MR) is 140 cm³/mol. The molecule has 3 aromatic rings. The number of carbonyl (C=O) groups is 1. The van der Waals surface area contributed by atoms with Crippen molar-refractivity contribution in [3.63, 3.8) is 0 Å². The van der Waals surface area contributed by atoms with E-state index < -0.39 is 29.1 Å². The minimum Gasteiger partial charge on any atom is -0.335 e. The smallest absolute Gasteiger partial charge is 0.335 e. The van der Waals surface area contributed by atoms with Crippen molar-refractivity contribution in [2.24, 2.45) is 11.8 Å². The molecule has 0 unspecified atom stereocenters. The number of hydrogen-bond donors (Lipinski definition) is 2. The number of hydrogen-bond acceptors (Lipinski definition) is 2. The number of fused-ring (bicyclic) bond motifs is 2. The Bertz CT molecular complexity index is 1270. The van der Waals surface area contributed by atoms with E-state index in [4.69, 9.17) is 0 Å². The van der Waals surface area contributed by atoms with Crippen LogP contribution >= 0.6 is 22.6 Å². The summed E-state index contributed by atoms with van der Waals surface area (Å²) in [7, 11) is 0. The van der Waals surface area contributed by atoms with Crippen molar-refractivity contribution < 1.29 is 22.4 Å². The molecular formula is C28H26F4IN3O. The molecule has 2 N–H and O–H groups in total. The third-order valence-corrected chi connectivity index (χ3v) is 8.21. The van der Waals surface area contributed by atoms with E-state index in [-0.39, 0.29) is 18.0 Å². The first-order valence-corrected chi connectivity index (χ1v) is 13.3. The molecular weight excluding hydrogens is 597 g/mol. The van der Waals surface area contributed by atoms with Crippen molar-refractivity contribution in [3.05, 3.63) is 98.6 Å². The van der Waals surface area contributed by atoms with Gasteiger partial charge in [0.2, 0.25) is 0 Å². The Balaban J connectivity index is 1.62. The molecule has 4 nitrogen and oxygen atoms in total. The second-order valence-corrected chi connectivity index (χ2v) is 11.3. The Morgan fingerprint density at radius 3 is 2.38 bits per heavy atom. The Morgan fingerprint density at radius 1 is 1.00 bits per heavy atom. The maximum absolute atomic E-state index is 14.7. The van der Waals surface area contributed by atoms with Gasteiger partial charge in [-0.1, -0.05) is 36.8 Å². The zero-order valence-corrected chi connectivity index (χ0v) is 22.0. The highest BCUT2D eigenvalue weighted by atomic mass is 127. The van der Waals surface area contributed by atoms with E-state index in [0.29, 0.717) is 23.6 Å². The first-order chi connectivity index (χ1) is 17.6. The molecule has 1 aromatic heterocycles. The summed E-state index contributed by atoms with van der Waals surface area (Å²) in [5, 5.41) is 6.04. The van der Waals surface area contributed by atoms with Crippen LogP contribution in [0, 0.1) is 21.2 Å². The Morgan fingerprint density at radius 2 is 1.76 bits per heavy atom. The fraction of sp³-hybridized carbons (Fsp3) is 0.357. The maximum atomic E-state index is 14.7. The zero-order chi connectivity index (χ0) is 26.2. The number of carbonyl (C=O) groups excluding carboxylic acids is 1. The number of halogens is 5. The van der Waals surface area contributed by atoms with Gasteiger partial charge in [0.1, 0.15) is 11.4 Å². The van der Waals surface area contributed by atoms with Crippen molar-refractivity contribution in [2.75, 3.05) is 0 Å². The summed E-state index contributed by atoms with van der Waals surface area (Å²) in [4.78, 5) is 18.0. The predicted octanol–water partition coefficient (Wildman–Crippen LogP) is 6.82. The van der Waals surface area contributed by atoms with Gasteiger partial charge >= 0.3 is 12.2 Å². The Kier molecular flexibility index (Phi) is 7.17. The van der Waals surface area contributed by atoms with Crippen LogP contribution in [-0.2, 0) is 18.1 Å². The number of rotatable bonds is 6. The number of benzene rings is 2. The summed E-state index contributed by atoms with van der Waals surface area (Å²) < 4.78 is 56.8. The van der Waals surface area contributed by atoms with Crippen LogP contribution in [-0.4, -0.2) is 17.1 Å². The van der Waals surface area contributed by atoms with Crippen molar-refractivity contribution in [2.45, 2.75) is 49.9 Å². The van der Waals surface area contributed by atoms with E-state index in [2.05, 4.69) is 38.2 Å². The molecule has 194 valence electrons. The van der Waals surface area contributed by atoms with Crippen LogP contribution in [0.4, 0.5) is 22.4 Å². The van der Waals surface area contributed by atoms with Crippen LogP contribution in [0.2, 0.25) is 0 Å². The molecule has 37 heavy (non-hydrogen) atoms. The normalized spacial score (nSPS) is 22.5. The standard InChI is InChI=1S/C28H26F4IN3O/c29-22-13-20(12-21(14-22)28(30,31)32)27(15-17-4-2-1-3-5-17,25-9-8-23(33)16-34-25)36-26(37)35-24-11-18-6-7-19(24)10-18/h1-5,8-9,12-14,16,18-19,24H,6-7,10-11,15H2,(H2,35,36,37)/t18-,19+,24+,27+/m0/s1. The number of amides is 2. The van der Waals surface area contributed by atoms with Crippen molar-refractivity contribution in [1.29, 1.82) is 0 Å². The Hall–Kier alpha value is -2.69. The molecule has 4 atom stereocenters. The third kappa shape index (κ3) is 5.61. The molecule has 0 saturated heterocycles. The van der Waals surface area contributed by atoms with Crippen molar-refractivity contribution >= 4 is 28.6 Å². The van der Waals surface area contributed by atoms with Gasteiger partial charge in [-0.05, 0) is 95.1 Å². The van der Waals surface area contributed by atoms with Crippen LogP contribution in [0.15, 0.2) is 66.9 Å². The average Bonchev–Trinajstić information content (AvgIpc) is 3.47. The lowest BCUT2D eigenvalue weighted by Gasteiger charge is -2.36. The van der Waals surface area contributed by atoms with Gasteiger partial charge in [-0.15, -0.1) is 0 Å². The SMILES string of the molecule is O=C(N[C@@H]1C[C@H]2CC[C@@H]1C2)N[C@](Cc1ccccc1)(c1cc(F)cc(C(F)(F)F)c1)c1ccc(I)cn1. The first-order valence-electron chi connectivity index (χ1n) is 12.3. The summed E-state index contributed by atoms with van der Waals surface area (Å²) in [6.07, 6.45) is 1.09. The fourth-order valence-corrected chi connectivity index (χ4v) is 6.19. The summed E-state index contributed by atoms with van der Waals surface area (Å²) in [6, 6.07) is 14.4. The highest BCUT2D eigenvalue weighted by Gasteiger charge is 2.43. The van der Waals surface area contributed by atoms with E-state index >= 15 is 0 Å². The monoisotopic (exact) mass is 623 g/mol. The minimum absolute atomic E-state index is 0.0103. The summed E-state index contributed by atoms with van der Waals surface area (Å²) >= 11 is 2.08. The first kappa shape index (κ1) is 25.9. The number of urea groups is 1. The van der Waals surface area contributed by atoms with Crippen LogP contribution in [0.25, 0.3) is 0 Å². The lowest BCUT2D eigenvalue weighted by Crippen LogP contribution is -2.55. The van der Waals surface area contributed by atoms with E-state index in [9.17, 15) is 22.4 Å². The summed E-state index contributed by atoms with van der Waals surface area (Å²) in [5.41, 5.74) is -1.64. The molecule has 2 aliphatic carbocycles. The van der Waals surface area contributed by atoms with Crippen LogP contribution in [0.1, 0.15) is 48.1 Å². The van der Waals surface area contributed by atoms with Crippen LogP contribution < -0.4 is 10.6 Å². The van der Waals surface area contributed by atoms with Gasteiger partial charge in [-0.25, -0.2) is 9.18 Å². The molecule has 2 saturated carbocycles. The lowest BCUT2D eigenvalue weighted by molar-refractivity contribution is -0.137. The van der Waals surface area contributed by atoms with Gasteiger partial charge in [-0.3, -0.25) is 4.98 Å². The minimum atomic E-state index is -4.76. The molecule has 1 heterocycles. The fourth-order valence-electron chi connectivity index (χ4n) is 5.87. The molecule has 9 heteroatoms.